The molecule has 1 rings (SSSR count). The molecular weight excluding hydrogens is 280 g/mol. The van der Waals surface area contributed by atoms with E-state index in [2.05, 4.69) is 0 Å². The molecule has 0 aromatic heterocycles. The summed E-state index contributed by atoms with van der Waals surface area (Å²) in [6, 6.07) is 4.49. The summed E-state index contributed by atoms with van der Waals surface area (Å²) in [5.41, 5.74) is 0.456. The number of hydrogen-bond acceptors (Lipinski definition) is 3. The Morgan fingerprint density at radius 1 is 1.30 bits per heavy atom. The minimum atomic E-state index is -0.536. The maximum absolute atomic E-state index is 12.2. The third-order valence-corrected chi connectivity index (χ3v) is 3.22. The van der Waals surface area contributed by atoms with E-state index in [1.807, 2.05) is 13.8 Å². The maximum Gasteiger partial charge on any atom is 0.288 e. The predicted octanol–water partition coefficient (Wildman–Crippen LogP) is 3.44. The Morgan fingerprint density at radius 3 is 2.40 bits per heavy atom. The molecule has 1 aromatic rings. The zero-order chi connectivity index (χ0) is 15.1. The molecule has 20 heavy (non-hydrogen) atoms. The largest absolute Gasteiger partial charge is 0.342 e. The van der Waals surface area contributed by atoms with Crippen LogP contribution in [0.1, 0.15) is 32.3 Å². The van der Waals surface area contributed by atoms with E-state index < -0.39 is 4.92 Å². The van der Waals surface area contributed by atoms with Gasteiger partial charge in [-0.25, -0.2) is 0 Å². The first-order valence-electron chi connectivity index (χ1n) is 6.70. The van der Waals surface area contributed by atoms with Gasteiger partial charge >= 0.3 is 0 Å². The molecule has 0 unspecified atom stereocenters. The van der Waals surface area contributed by atoms with Gasteiger partial charge in [-0.05, 0) is 24.5 Å². The van der Waals surface area contributed by atoms with Crippen LogP contribution in [0.25, 0.3) is 0 Å². The van der Waals surface area contributed by atoms with Crippen molar-refractivity contribution >= 4 is 23.2 Å². The van der Waals surface area contributed by atoms with Gasteiger partial charge in [-0.15, -0.1) is 0 Å². The van der Waals surface area contributed by atoms with E-state index in [0.717, 1.165) is 12.8 Å². The number of rotatable bonds is 7. The number of carbonyl (C=O) groups excluding carboxylic acids is 1. The fourth-order valence-electron chi connectivity index (χ4n) is 2.00. The fraction of sp³-hybridized carbons (Fsp3) is 0.500. The van der Waals surface area contributed by atoms with Gasteiger partial charge in [0.05, 0.1) is 11.3 Å². The molecule has 0 saturated carbocycles. The number of nitrogens with zero attached hydrogens (tertiary/aromatic N) is 2. The van der Waals surface area contributed by atoms with Crippen LogP contribution in [0.2, 0.25) is 5.02 Å². The third-order valence-electron chi connectivity index (χ3n) is 2.90. The van der Waals surface area contributed by atoms with E-state index in [1.54, 1.807) is 11.0 Å². The molecule has 0 N–H and O–H groups in total. The summed E-state index contributed by atoms with van der Waals surface area (Å²) in [7, 11) is 0. The van der Waals surface area contributed by atoms with Crippen LogP contribution in [0, 0.1) is 10.1 Å². The van der Waals surface area contributed by atoms with Crippen molar-refractivity contribution in [1.82, 2.24) is 4.90 Å². The highest BCUT2D eigenvalue weighted by Crippen LogP contribution is 2.25. The van der Waals surface area contributed by atoms with Crippen molar-refractivity contribution in [2.45, 2.75) is 33.1 Å². The van der Waals surface area contributed by atoms with Crippen LogP contribution >= 0.6 is 11.6 Å². The van der Waals surface area contributed by atoms with E-state index >= 15 is 0 Å². The molecule has 0 bridgehead atoms. The Kier molecular flexibility index (Phi) is 6.45. The molecule has 0 atom stereocenters. The average molecular weight is 299 g/mol. The Bertz CT molecular complexity index is 485. The molecule has 0 spiro atoms. The van der Waals surface area contributed by atoms with Crippen molar-refractivity contribution < 1.29 is 9.72 Å². The van der Waals surface area contributed by atoms with Gasteiger partial charge in [0.25, 0.3) is 5.69 Å². The molecule has 0 fully saturated rings. The number of hydrogen-bond donors (Lipinski definition) is 0. The first kappa shape index (κ1) is 16.4. The molecule has 0 radical (unpaired) electrons. The van der Waals surface area contributed by atoms with Crippen molar-refractivity contribution in [2.24, 2.45) is 0 Å². The average Bonchev–Trinajstić information content (AvgIpc) is 2.40. The van der Waals surface area contributed by atoms with Crippen molar-refractivity contribution in [1.29, 1.82) is 0 Å². The maximum atomic E-state index is 12.2. The van der Waals surface area contributed by atoms with Gasteiger partial charge in [0, 0.05) is 19.2 Å². The number of carbonyl (C=O) groups is 1. The molecular formula is C14H19ClN2O3. The van der Waals surface area contributed by atoms with E-state index in [9.17, 15) is 14.9 Å². The van der Waals surface area contributed by atoms with Gasteiger partial charge < -0.3 is 4.90 Å². The van der Waals surface area contributed by atoms with Crippen LogP contribution in [-0.4, -0.2) is 28.8 Å². The summed E-state index contributed by atoms with van der Waals surface area (Å²) in [5.74, 6) is -0.00896. The van der Waals surface area contributed by atoms with Crippen LogP contribution in [0.4, 0.5) is 5.69 Å². The fourth-order valence-corrected chi connectivity index (χ4v) is 2.18. The smallest absolute Gasteiger partial charge is 0.288 e. The summed E-state index contributed by atoms with van der Waals surface area (Å²) in [6.45, 7) is 5.46. The standard InChI is InChI=1S/C14H19ClN2O3/c1-3-7-16(8-4-2)14(18)10-11-5-6-12(15)13(9-11)17(19)20/h5-6,9H,3-4,7-8,10H2,1-2H3. The molecule has 6 heteroatoms. The number of benzene rings is 1. The monoisotopic (exact) mass is 298 g/mol. The Balaban J connectivity index is 2.84. The molecule has 1 amide bonds. The third kappa shape index (κ3) is 4.49. The Morgan fingerprint density at radius 2 is 1.90 bits per heavy atom. The minimum Gasteiger partial charge on any atom is -0.342 e. The van der Waals surface area contributed by atoms with Gasteiger partial charge in [0.15, 0.2) is 0 Å². The molecule has 0 aliphatic rings. The lowest BCUT2D eigenvalue weighted by Gasteiger charge is -2.21. The number of amides is 1. The molecule has 0 saturated heterocycles. The van der Waals surface area contributed by atoms with Gasteiger partial charge in [-0.3, -0.25) is 14.9 Å². The predicted molar refractivity (Wildman–Crippen MR) is 79.0 cm³/mol. The van der Waals surface area contributed by atoms with Crippen molar-refractivity contribution in [3.8, 4) is 0 Å². The SMILES string of the molecule is CCCN(CCC)C(=O)Cc1ccc(Cl)c([N+](=O)[O-])c1. The van der Waals surface area contributed by atoms with E-state index in [4.69, 9.17) is 11.6 Å². The zero-order valence-corrected chi connectivity index (χ0v) is 12.5. The molecule has 1 aromatic carbocycles. The molecule has 0 aliphatic carbocycles. The first-order chi connectivity index (χ1) is 9.49. The zero-order valence-electron chi connectivity index (χ0n) is 11.8. The van der Waals surface area contributed by atoms with Crippen LogP contribution in [-0.2, 0) is 11.2 Å². The number of nitro groups is 1. The first-order valence-corrected chi connectivity index (χ1v) is 7.08. The van der Waals surface area contributed by atoms with Crippen LogP contribution in [0.15, 0.2) is 18.2 Å². The lowest BCUT2D eigenvalue weighted by Crippen LogP contribution is -2.33. The van der Waals surface area contributed by atoms with Crippen LogP contribution in [0.5, 0.6) is 0 Å². The topological polar surface area (TPSA) is 63.5 Å². The highest BCUT2D eigenvalue weighted by atomic mass is 35.5. The summed E-state index contributed by atoms with van der Waals surface area (Å²) in [5, 5.41) is 10.9. The van der Waals surface area contributed by atoms with Gasteiger partial charge in [-0.1, -0.05) is 31.5 Å². The summed E-state index contributed by atoms with van der Waals surface area (Å²) in [6.07, 6.45) is 1.96. The Labute approximate surface area is 123 Å². The second-order valence-electron chi connectivity index (χ2n) is 4.60. The van der Waals surface area contributed by atoms with Crippen molar-refractivity contribution in [3.63, 3.8) is 0 Å². The van der Waals surface area contributed by atoms with Crippen molar-refractivity contribution in [3.05, 3.63) is 38.9 Å². The highest BCUT2D eigenvalue weighted by Gasteiger charge is 2.16. The minimum absolute atomic E-state index is 0.00896. The number of halogens is 1. The van der Waals surface area contributed by atoms with E-state index in [0.29, 0.717) is 18.7 Å². The summed E-state index contributed by atoms with van der Waals surface area (Å²) < 4.78 is 0. The molecule has 5 nitrogen and oxygen atoms in total. The van der Waals surface area contributed by atoms with E-state index in [-0.39, 0.29) is 23.0 Å². The second kappa shape index (κ2) is 7.85. The Hall–Kier alpha value is -1.62. The van der Waals surface area contributed by atoms with Gasteiger partial charge in [0.2, 0.25) is 5.91 Å². The normalized spacial score (nSPS) is 10.3. The molecule has 110 valence electrons. The summed E-state index contributed by atoms with van der Waals surface area (Å²) >= 11 is 5.75. The highest BCUT2D eigenvalue weighted by molar-refractivity contribution is 6.32. The van der Waals surface area contributed by atoms with Gasteiger partial charge in [0.1, 0.15) is 5.02 Å². The lowest BCUT2D eigenvalue weighted by atomic mass is 10.1. The van der Waals surface area contributed by atoms with Gasteiger partial charge in [-0.2, -0.15) is 0 Å². The molecule has 0 heterocycles. The molecule has 0 aliphatic heterocycles. The van der Waals surface area contributed by atoms with E-state index in [1.165, 1.54) is 12.1 Å². The quantitative estimate of drug-likeness (QED) is 0.572. The van der Waals surface area contributed by atoms with Crippen LogP contribution in [0.3, 0.4) is 0 Å². The second-order valence-corrected chi connectivity index (χ2v) is 5.01. The number of nitro benzene ring substituents is 1. The van der Waals surface area contributed by atoms with Crippen molar-refractivity contribution in [2.75, 3.05) is 13.1 Å². The summed E-state index contributed by atoms with van der Waals surface area (Å²) in [4.78, 5) is 24.3. The van der Waals surface area contributed by atoms with Crippen LogP contribution < -0.4 is 0 Å². The lowest BCUT2D eigenvalue weighted by molar-refractivity contribution is -0.384.